The Morgan fingerprint density at radius 3 is 2.41 bits per heavy atom. The molecular weight excluding hydrogens is 407 g/mol. The number of primary sulfonamides is 1. The van der Waals surface area contributed by atoms with Crippen LogP contribution < -0.4 is 15.4 Å². The number of alkyl halides is 3. The number of nitrogens with one attached hydrogen (secondary N) is 1. The van der Waals surface area contributed by atoms with Crippen molar-refractivity contribution < 1.29 is 21.6 Å². The minimum absolute atomic E-state index is 0.0777. The molecule has 3 rings (SSSR count). The molecule has 0 unspecified atom stereocenters. The molecule has 1 fully saturated rings. The number of nitrogens with two attached hydrogens (primary N) is 1. The fourth-order valence-electron chi connectivity index (χ4n) is 3.22. The number of benzene rings is 1. The molecule has 0 radical (unpaired) electrons. The Morgan fingerprint density at radius 1 is 1.21 bits per heavy atom. The first-order valence-corrected chi connectivity index (χ1v) is 10.2. The van der Waals surface area contributed by atoms with Crippen LogP contribution in [0.2, 0.25) is 0 Å². The lowest BCUT2D eigenvalue weighted by molar-refractivity contribution is -0.139. The molecule has 2 heterocycles. The van der Waals surface area contributed by atoms with Gasteiger partial charge >= 0.3 is 6.18 Å². The van der Waals surface area contributed by atoms with E-state index in [1.54, 1.807) is 12.1 Å². The van der Waals surface area contributed by atoms with Crippen molar-refractivity contribution in [3.63, 3.8) is 0 Å². The molecule has 154 valence electrons. The quantitative estimate of drug-likeness (QED) is 0.779. The normalized spacial score (nSPS) is 15.8. The lowest BCUT2D eigenvalue weighted by Gasteiger charge is -2.33. The van der Waals surface area contributed by atoms with Crippen LogP contribution in [0.25, 0.3) is 0 Å². The average Bonchev–Trinajstić information content (AvgIpc) is 2.67. The molecule has 7 nitrogen and oxygen atoms in total. The summed E-state index contributed by atoms with van der Waals surface area (Å²) in [5.74, 6) is 0.735. The second kappa shape index (κ2) is 7.88. The number of rotatable bonds is 4. The Kier molecular flexibility index (Phi) is 5.68. The van der Waals surface area contributed by atoms with E-state index in [4.69, 9.17) is 10.4 Å². The molecule has 0 bridgehead atoms. The molecule has 1 aliphatic heterocycles. The van der Waals surface area contributed by atoms with Crippen LogP contribution in [0.15, 0.2) is 41.4 Å². The van der Waals surface area contributed by atoms with E-state index in [0.29, 0.717) is 31.5 Å². The summed E-state index contributed by atoms with van der Waals surface area (Å²) in [6.07, 6.45) is -2.05. The predicted molar refractivity (Wildman–Crippen MR) is 101 cm³/mol. The van der Waals surface area contributed by atoms with E-state index in [2.05, 4.69) is 10.3 Å². The highest BCUT2D eigenvalue weighted by atomic mass is 32.2. The highest BCUT2D eigenvalue weighted by molar-refractivity contribution is 7.89. The van der Waals surface area contributed by atoms with Gasteiger partial charge in [0.15, 0.2) is 0 Å². The van der Waals surface area contributed by atoms with E-state index in [1.807, 2.05) is 11.0 Å². The first kappa shape index (κ1) is 20.9. The number of pyridine rings is 1. The Balaban J connectivity index is 1.69. The summed E-state index contributed by atoms with van der Waals surface area (Å²) in [6.45, 7) is 1.27. The molecule has 11 heteroatoms. The lowest BCUT2D eigenvalue weighted by atomic mass is 10.0. The van der Waals surface area contributed by atoms with Crippen molar-refractivity contribution >= 4 is 21.5 Å². The maximum Gasteiger partial charge on any atom is 0.417 e. The number of aromatic nitrogens is 1. The highest BCUT2D eigenvalue weighted by Gasteiger charge is 2.36. The lowest BCUT2D eigenvalue weighted by Crippen LogP contribution is -2.39. The van der Waals surface area contributed by atoms with Crippen molar-refractivity contribution in [2.45, 2.75) is 30.0 Å². The molecule has 1 aromatic heterocycles. The molecule has 2 aromatic rings. The van der Waals surface area contributed by atoms with E-state index in [9.17, 15) is 21.6 Å². The van der Waals surface area contributed by atoms with Gasteiger partial charge in [0, 0.05) is 31.0 Å². The third-order valence-corrected chi connectivity index (χ3v) is 5.63. The Hall–Kier alpha value is -2.84. The van der Waals surface area contributed by atoms with E-state index < -0.39 is 26.7 Å². The SMILES string of the molecule is N#Cc1ccc(N2CCC(Nc3ccc(S(N)(=O)=O)c(C(F)(F)F)c3)CC2)nc1. The zero-order valence-electron chi connectivity index (χ0n) is 15.1. The Morgan fingerprint density at radius 2 is 1.90 bits per heavy atom. The molecule has 1 aromatic carbocycles. The average molecular weight is 425 g/mol. The van der Waals surface area contributed by atoms with Gasteiger partial charge in [-0.1, -0.05) is 0 Å². The zero-order valence-corrected chi connectivity index (χ0v) is 16.0. The van der Waals surface area contributed by atoms with Crippen LogP contribution in [0, 0.1) is 11.3 Å². The van der Waals surface area contributed by atoms with Crippen LogP contribution in [-0.2, 0) is 16.2 Å². The third kappa shape index (κ3) is 4.96. The number of anilines is 2. The van der Waals surface area contributed by atoms with E-state index in [0.717, 1.165) is 18.0 Å². The summed E-state index contributed by atoms with van der Waals surface area (Å²) in [7, 11) is -4.49. The summed E-state index contributed by atoms with van der Waals surface area (Å²) in [6, 6.07) is 8.29. The van der Waals surface area contributed by atoms with Gasteiger partial charge in [-0.15, -0.1) is 0 Å². The maximum atomic E-state index is 13.2. The molecule has 0 spiro atoms. The summed E-state index contributed by atoms with van der Waals surface area (Å²) in [5.41, 5.74) is -0.641. The van der Waals surface area contributed by atoms with E-state index in [-0.39, 0.29) is 11.7 Å². The van der Waals surface area contributed by atoms with Crippen molar-refractivity contribution in [2.24, 2.45) is 5.14 Å². The first-order valence-electron chi connectivity index (χ1n) is 8.69. The largest absolute Gasteiger partial charge is 0.417 e. The van der Waals surface area contributed by atoms with Crippen LogP contribution >= 0.6 is 0 Å². The van der Waals surface area contributed by atoms with Crippen molar-refractivity contribution in [2.75, 3.05) is 23.3 Å². The molecule has 0 atom stereocenters. The summed E-state index contributed by atoms with van der Waals surface area (Å²) in [4.78, 5) is 5.33. The molecular formula is C18H18F3N5O2S. The van der Waals surface area contributed by atoms with Crippen LogP contribution in [0.5, 0.6) is 0 Å². The number of piperidine rings is 1. The number of nitrogens with zero attached hydrogens (tertiary/aromatic N) is 3. The van der Waals surface area contributed by atoms with Gasteiger partial charge < -0.3 is 10.2 Å². The number of hydrogen-bond acceptors (Lipinski definition) is 6. The molecule has 3 N–H and O–H groups in total. The van der Waals surface area contributed by atoms with Crippen LogP contribution in [0.3, 0.4) is 0 Å². The van der Waals surface area contributed by atoms with Gasteiger partial charge in [-0.25, -0.2) is 18.5 Å². The van der Waals surface area contributed by atoms with Crippen molar-refractivity contribution in [3.05, 3.63) is 47.7 Å². The predicted octanol–water partition coefficient (Wildman–Crippen LogP) is 2.70. The van der Waals surface area contributed by atoms with Gasteiger partial charge in [0.2, 0.25) is 10.0 Å². The summed E-state index contributed by atoms with van der Waals surface area (Å²) >= 11 is 0. The minimum atomic E-state index is -4.84. The van der Waals surface area contributed by atoms with Gasteiger partial charge in [0.05, 0.1) is 16.0 Å². The standard InChI is InChI=1S/C18H18F3N5O2S/c19-18(20,21)15-9-14(2-3-16(15)29(23,27)28)25-13-5-7-26(8-6-13)17-4-1-12(10-22)11-24-17/h1-4,9,11,13,25H,5-8H2,(H2,23,27,28). The Labute approximate surface area is 166 Å². The van der Waals surface area contributed by atoms with Gasteiger partial charge in [-0.3, -0.25) is 0 Å². The van der Waals surface area contributed by atoms with Crippen LogP contribution in [0.1, 0.15) is 24.0 Å². The van der Waals surface area contributed by atoms with Gasteiger partial charge in [0.25, 0.3) is 0 Å². The van der Waals surface area contributed by atoms with E-state index in [1.165, 1.54) is 12.3 Å². The maximum absolute atomic E-state index is 13.2. The third-order valence-electron chi connectivity index (χ3n) is 4.66. The van der Waals surface area contributed by atoms with Crippen molar-refractivity contribution in [1.29, 1.82) is 5.26 Å². The summed E-state index contributed by atoms with van der Waals surface area (Å²) < 4.78 is 62.6. The van der Waals surface area contributed by atoms with Gasteiger partial charge in [0.1, 0.15) is 11.9 Å². The zero-order chi connectivity index (χ0) is 21.2. The number of nitriles is 1. The topological polar surface area (TPSA) is 112 Å². The minimum Gasteiger partial charge on any atom is -0.382 e. The van der Waals surface area contributed by atoms with Crippen LogP contribution in [0.4, 0.5) is 24.7 Å². The molecule has 1 aliphatic rings. The fourth-order valence-corrected chi connectivity index (χ4v) is 3.96. The smallest absolute Gasteiger partial charge is 0.382 e. The Bertz CT molecular complexity index is 1020. The van der Waals surface area contributed by atoms with Crippen LogP contribution in [-0.4, -0.2) is 32.5 Å². The van der Waals surface area contributed by atoms with Gasteiger partial charge in [-0.05, 0) is 43.2 Å². The molecule has 0 saturated carbocycles. The second-order valence-corrected chi connectivity index (χ2v) is 8.21. The second-order valence-electron chi connectivity index (χ2n) is 6.68. The fraction of sp³-hybridized carbons (Fsp3) is 0.333. The first-order chi connectivity index (χ1) is 13.6. The molecule has 1 saturated heterocycles. The molecule has 0 amide bonds. The van der Waals surface area contributed by atoms with Crippen molar-refractivity contribution in [1.82, 2.24) is 4.98 Å². The highest BCUT2D eigenvalue weighted by Crippen LogP contribution is 2.36. The monoisotopic (exact) mass is 425 g/mol. The summed E-state index contributed by atoms with van der Waals surface area (Å²) in [5, 5.41) is 16.8. The van der Waals surface area contributed by atoms with Crippen molar-refractivity contribution in [3.8, 4) is 6.07 Å². The molecule has 0 aliphatic carbocycles. The number of hydrogen-bond donors (Lipinski definition) is 2. The van der Waals surface area contributed by atoms with Gasteiger partial charge in [-0.2, -0.15) is 18.4 Å². The number of sulfonamides is 1. The van der Waals surface area contributed by atoms with E-state index >= 15 is 0 Å². The number of halogens is 3. The molecule has 29 heavy (non-hydrogen) atoms.